The standard InChI is InChI=1S/C35H42F2N8O5/c1-20-8-7-13-49-31-24(17-38-43(31)6)26-15-23(14-21(2)39-26)30(47)42-32-40-25-10-9-22(16-27(25)45(32)18-20)29(46)41-28-11-12-44(19-35(28,36)37)33(48)50-34(3,4)5/h9-10,14-17,20,28H,7-8,11-13,18-19H2,1-6H3,(H,41,46)(H,40,42,47)/t20-,28-/m1/s1. The Bertz CT molecular complexity index is 1950. The third-order valence-electron chi connectivity index (χ3n) is 8.74. The number of aryl methyl sites for hydroxylation is 2. The Morgan fingerprint density at radius 3 is 2.66 bits per heavy atom. The van der Waals surface area contributed by atoms with Gasteiger partial charge in [-0.3, -0.25) is 19.9 Å². The number of aromatic nitrogens is 5. The maximum atomic E-state index is 15.2. The van der Waals surface area contributed by atoms with E-state index < -0.39 is 42.0 Å². The van der Waals surface area contributed by atoms with Crippen LogP contribution in [0.4, 0.5) is 19.5 Å². The van der Waals surface area contributed by atoms with Gasteiger partial charge in [-0.15, -0.1) is 0 Å². The molecular formula is C35H42F2N8O5. The quantitative estimate of drug-likeness (QED) is 0.277. The molecule has 2 atom stereocenters. The van der Waals surface area contributed by atoms with Crippen molar-refractivity contribution in [3.8, 4) is 17.1 Å². The van der Waals surface area contributed by atoms with Crippen LogP contribution < -0.4 is 15.4 Å². The van der Waals surface area contributed by atoms with Gasteiger partial charge in [0.2, 0.25) is 11.8 Å². The van der Waals surface area contributed by atoms with Gasteiger partial charge in [0, 0.05) is 37.0 Å². The van der Waals surface area contributed by atoms with Crippen LogP contribution in [0.5, 0.6) is 5.88 Å². The van der Waals surface area contributed by atoms with Gasteiger partial charge in [0.25, 0.3) is 17.7 Å². The number of hydrogen-bond donors (Lipinski definition) is 2. The molecule has 5 heterocycles. The summed E-state index contributed by atoms with van der Waals surface area (Å²) in [6.07, 6.45) is 2.22. The van der Waals surface area contributed by atoms with Crippen LogP contribution in [0.15, 0.2) is 36.5 Å². The number of carbonyl (C=O) groups excluding carboxylic acids is 3. The minimum Gasteiger partial charge on any atom is -0.477 e. The number of imidazole rings is 1. The molecule has 50 heavy (non-hydrogen) atoms. The second-order valence-corrected chi connectivity index (χ2v) is 14.1. The maximum absolute atomic E-state index is 15.2. The van der Waals surface area contributed by atoms with E-state index in [-0.39, 0.29) is 24.4 Å². The zero-order valence-electron chi connectivity index (χ0n) is 29.0. The lowest BCUT2D eigenvalue weighted by Crippen LogP contribution is -2.59. The van der Waals surface area contributed by atoms with Crippen molar-refractivity contribution >= 4 is 34.9 Å². The Balaban J connectivity index is 1.27. The number of amides is 3. The van der Waals surface area contributed by atoms with E-state index in [1.54, 1.807) is 69.9 Å². The van der Waals surface area contributed by atoms with E-state index in [0.29, 0.717) is 58.5 Å². The largest absolute Gasteiger partial charge is 0.477 e. The molecule has 0 spiro atoms. The van der Waals surface area contributed by atoms with E-state index in [1.807, 2.05) is 4.57 Å². The van der Waals surface area contributed by atoms with E-state index in [4.69, 9.17) is 14.5 Å². The van der Waals surface area contributed by atoms with Crippen LogP contribution in [-0.4, -0.2) is 84.4 Å². The smallest absolute Gasteiger partial charge is 0.410 e. The Kier molecular flexibility index (Phi) is 9.27. The second-order valence-electron chi connectivity index (χ2n) is 14.1. The zero-order chi connectivity index (χ0) is 36.0. The molecule has 2 aliphatic rings. The molecule has 3 amide bonds. The number of rotatable bonds is 2. The highest BCUT2D eigenvalue weighted by Gasteiger charge is 2.47. The van der Waals surface area contributed by atoms with Crippen LogP contribution in [0.3, 0.4) is 0 Å². The minimum atomic E-state index is -3.38. The summed E-state index contributed by atoms with van der Waals surface area (Å²) in [7, 11) is 1.79. The van der Waals surface area contributed by atoms with Crippen molar-refractivity contribution in [2.45, 2.75) is 78.0 Å². The number of fused-ring (bicyclic) bond motifs is 7. The molecule has 0 radical (unpaired) electrons. The number of piperidine rings is 1. The lowest BCUT2D eigenvalue weighted by atomic mass is 10.0. The summed E-state index contributed by atoms with van der Waals surface area (Å²) in [4.78, 5) is 49.8. The number of likely N-dealkylation sites (tertiary alicyclic amines) is 1. The monoisotopic (exact) mass is 692 g/mol. The highest BCUT2D eigenvalue weighted by molar-refractivity contribution is 6.05. The van der Waals surface area contributed by atoms with E-state index in [0.717, 1.165) is 17.7 Å². The summed E-state index contributed by atoms with van der Waals surface area (Å²) >= 11 is 0. The summed E-state index contributed by atoms with van der Waals surface area (Å²) in [5.41, 5.74) is 2.65. The number of ether oxygens (including phenoxy) is 2. The maximum Gasteiger partial charge on any atom is 0.410 e. The summed E-state index contributed by atoms with van der Waals surface area (Å²) in [5, 5.41) is 9.78. The number of halogens is 2. The number of alkyl halides is 2. The second kappa shape index (κ2) is 13.3. The summed E-state index contributed by atoms with van der Waals surface area (Å²) in [6.45, 7) is 8.91. The molecule has 0 saturated carbocycles. The molecule has 4 aromatic rings. The third kappa shape index (κ3) is 7.41. The zero-order valence-corrected chi connectivity index (χ0v) is 29.0. The average molecular weight is 693 g/mol. The number of anilines is 1. The molecule has 266 valence electrons. The lowest BCUT2D eigenvalue weighted by molar-refractivity contribution is -0.0889. The van der Waals surface area contributed by atoms with Crippen LogP contribution in [0.1, 0.15) is 73.4 Å². The topological polar surface area (TPSA) is 145 Å². The van der Waals surface area contributed by atoms with E-state index in [2.05, 4.69) is 27.6 Å². The molecule has 2 bridgehead atoms. The molecule has 1 saturated heterocycles. The van der Waals surface area contributed by atoms with Crippen LogP contribution in [0.25, 0.3) is 22.3 Å². The van der Waals surface area contributed by atoms with Gasteiger partial charge < -0.3 is 24.3 Å². The Morgan fingerprint density at radius 1 is 1.14 bits per heavy atom. The Labute approximate surface area is 288 Å². The highest BCUT2D eigenvalue weighted by Crippen LogP contribution is 2.32. The summed E-state index contributed by atoms with van der Waals surface area (Å²) in [6, 6.07) is 6.63. The normalized spacial score (nSPS) is 19.7. The number of pyridine rings is 1. The summed E-state index contributed by atoms with van der Waals surface area (Å²) in [5.74, 6) is -3.50. The molecule has 2 N–H and O–H groups in total. The van der Waals surface area contributed by atoms with E-state index in [9.17, 15) is 14.4 Å². The summed E-state index contributed by atoms with van der Waals surface area (Å²) < 4.78 is 45.4. The van der Waals surface area contributed by atoms with Gasteiger partial charge in [-0.25, -0.2) is 23.2 Å². The first kappa shape index (κ1) is 34.8. The van der Waals surface area contributed by atoms with Gasteiger partial charge in [0.15, 0.2) is 0 Å². The van der Waals surface area contributed by atoms with Crippen LogP contribution in [0.2, 0.25) is 0 Å². The van der Waals surface area contributed by atoms with Crippen molar-refractivity contribution in [3.05, 3.63) is 53.3 Å². The first-order chi connectivity index (χ1) is 23.6. The highest BCUT2D eigenvalue weighted by atomic mass is 19.3. The molecular weight excluding hydrogens is 650 g/mol. The molecule has 0 unspecified atom stereocenters. The number of hydrogen-bond acceptors (Lipinski definition) is 8. The number of nitrogens with one attached hydrogen (secondary N) is 2. The number of benzene rings is 1. The van der Waals surface area contributed by atoms with Crippen molar-refractivity contribution in [1.29, 1.82) is 0 Å². The first-order valence-electron chi connectivity index (χ1n) is 16.7. The molecule has 3 aromatic heterocycles. The molecule has 1 fully saturated rings. The van der Waals surface area contributed by atoms with Gasteiger partial charge in [0.05, 0.1) is 47.7 Å². The van der Waals surface area contributed by atoms with Crippen molar-refractivity contribution in [2.24, 2.45) is 13.0 Å². The SMILES string of the molecule is Cc1cc2cc(n1)-c1cnn(C)c1OCCC[C@@H](C)Cn1c(nc3ccc(C(=O)N[C@@H]4CCN(C(=O)OC(C)(C)C)CC4(F)F)cc31)NC2=O. The molecule has 0 aliphatic carbocycles. The predicted molar refractivity (Wildman–Crippen MR) is 181 cm³/mol. The fourth-order valence-electron chi connectivity index (χ4n) is 6.27. The third-order valence-corrected chi connectivity index (χ3v) is 8.74. The van der Waals surface area contributed by atoms with E-state index in [1.165, 1.54) is 6.07 Å². The molecule has 15 heteroatoms. The van der Waals surface area contributed by atoms with Crippen molar-refractivity contribution in [2.75, 3.05) is 25.0 Å². The Morgan fingerprint density at radius 2 is 1.92 bits per heavy atom. The van der Waals surface area contributed by atoms with Crippen molar-refractivity contribution in [1.82, 2.24) is 34.5 Å². The first-order valence-corrected chi connectivity index (χ1v) is 16.7. The van der Waals surface area contributed by atoms with Gasteiger partial charge in [0.1, 0.15) is 5.60 Å². The number of nitrogens with zero attached hydrogens (tertiary/aromatic N) is 6. The average Bonchev–Trinajstić information content (AvgIpc) is 3.57. The molecule has 2 aliphatic heterocycles. The van der Waals surface area contributed by atoms with Crippen molar-refractivity contribution in [3.63, 3.8) is 0 Å². The fourth-order valence-corrected chi connectivity index (χ4v) is 6.27. The minimum absolute atomic E-state index is 0.00865. The number of carbonyl (C=O) groups is 3. The van der Waals surface area contributed by atoms with Crippen LogP contribution >= 0.6 is 0 Å². The molecule has 13 nitrogen and oxygen atoms in total. The van der Waals surface area contributed by atoms with Gasteiger partial charge >= 0.3 is 6.09 Å². The molecule has 1 aromatic carbocycles. The van der Waals surface area contributed by atoms with E-state index >= 15 is 8.78 Å². The fraction of sp³-hybridized carbons (Fsp3) is 0.486. The van der Waals surface area contributed by atoms with Gasteiger partial charge in [-0.05, 0) is 83.2 Å². The molecule has 6 rings (SSSR count). The van der Waals surface area contributed by atoms with Gasteiger partial charge in [-0.2, -0.15) is 5.10 Å². The van der Waals surface area contributed by atoms with Crippen LogP contribution in [0, 0.1) is 12.8 Å². The van der Waals surface area contributed by atoms with Gasteiger partial charge in [-0.1, -0.05) is 6.92 Å². The van der Waals surface area contributed by atoms with Crippen molar-refractivity contribution < 1.29 is 32.6 Å². The lowest BCUT2D eigenvalue weighted by Gasteiger charge is -2.38. The predicted octanol–water partition coefficient (Wildman–Crippen LogP) is 5.58. The Hall–Kier alpha value is -5.08. The van der Waals surface area contributed by atoms with Crippen LogP contribution in [-0.2, 0) is 18.3 Å².